The van der Waals surface area contributed by atoms with E-state index >= 15 is 0 Å². The molecule has 0 radical (unpaired) electrons. The summed E-state index contributed by atoms with van der Waals surface area (Å²) < 4.78 is 0. The highest BCUT2D eigenvalue weighted by atomic mass is 35.5. The Bertz CT molecular complexity index is 1270. The number of nitro groups is 1. The lowest BCUT2D eigenvalue weighted by molar-refractivity contribution is -0.384. The van der Waals surface area contributed by atoms with E-state index in [0.29, 0.717) is 18.7 Å². The molecule has 2 aliphatic rings. The van der Waals surface area contributed by atoms with Crippen LogP contribution in [0.25, 0.3) is 5.57 Å². The number of aryl methyl sites for hydroxylation is 2. The summed E-state index contributed by atoms with van der Waals surface area (Å²) in [5, 5.41) is 11.6. The van der Waals surface area contributed by atoms with Crippen LogP contribution in [0, 0.1) is 10.1 Å². The van der Waals surface area contributed by atoms with Crippen molar-refractivity contribution in [3.05, 3.63) is 109 Å². The average molecular weight is 460 g/mol. The zero-order valence-corrected chi connectivity index (χ0v) is 18.7. The molecular weight excluding hydrogens is 438 g/mol. The van der Waals surface area contributed by atoms with Crippen molar-refractivity contribution in [2.24, 2.45) is 0 Å². The Balaban J connectivity index is 1.45. The van der Waals surface area contributed by atoms with Crippen LogP contribution >= 0.6 is 11.6 Å². The second-order valence-electron chi connectivity index (χ2n) is 8.39. The maximum Gasteiger partial charge on any atom is 0.269 e. The normalized spacial score (nSPS) is 15.5. The second-order valence-corrected chi connectivity index (χ2v) is 8.82. The molecule has 3 aromatic rings. The highest BCUT2D eigenvalue weighted by Crippen LogP contribution is 2.38. The average Bonchev–Trinajstić information content (AvgIpc) is 3.00. The van der Waals surface area contributed by atoms with Crippen molar-refractivity contribution >= 4 is 28.8 Å². The number of hydrogen-bond donors (Lipinski definition) is 0. The summed E-state index contributed by atoms with van der Waals surface area (Å²) in [6.07, 6.45) is 5.18. The van der Waals surface area contributed by atoms with E-state index in [-0.39, 0.29) is 11.6 Å². The molecule has 0 unspecified atom stereocenters. The van der Waals surface area contributed by atoms with Crippen LogP contribution in [0.5, 0.6) is 0 Å². The van der Waals surface area contributed by atoms with Crippen LogP contribution in [-0.4, -0.2) is 33.8 Å². The number of piperidine rings is 1. The molecule has 1 saturated heterocycles. The maximum absolute atomic E-state index is 13.0. The molecule has 0 saturated carbocycles. The van der Waals surface area contributed by atoms with Crippen molar-refractivity contribution in [1.29, 1.82) is 0 Å². The number of aromatic nitrogens is 1. The van der Waals surface area contributed by atoms with E-state index in [1.165, 1.54) is 52.1 Å². The Morgan fingerprint density at radius 2 is 1.70 bits per heavy atom. The number of benzene rings is 2. The van der Waals surface area contributed by atoms with Crippen LogP contribution in [0.3, 0.4) is 0 Å². The van der Waals surface area contributed by atoms with E-state index in [1.807, 2.05) is 23.2 Å². The number of nitro benzene ring substituents is 1. The monoisotopic (exact) mass is 459 g/mol. The summed E-state index contributed by atoms with van der Waals surface area (Å²) in [6.45, 7) is 1.19. The summed E-state index contributed by atoms with van der Waals surface area (Å²) in [6, 6.07) is 16.0. The summed E-state index contributed by atoms with van der Waals surface area (Å²) in [4.78, 5) is 30.0. The summed E-state index contributed by atoms with van der Waals surface area (Å²) >= 11 is 6.30. The van der Waals surface area contributed by atoms with Gasteiger partial charge in [-0.25, -0.2) is 0 Å². The van der Waals surface area contributed by atoms with E-state index in [9.17, 15) is 14.9 Å². The fourth-order valence-electron chi connectivity index (χ4n) is 4.77. The molecule has 2 heterocycles. The first-order chi connectivity index (χ1) is 16.0. The van der Waals surface area contributed by atoms with Crippen LogP contribution in [0.1, 0.15) is 45.6 Å². The van der Waals surface area contributed by atoms with Crippen LogP contribution in [0.15, 0.2) is 66.4 Å². The minimum absolute atomic E-state index is 0.0180. The van der Waals surface area contributed by atoms with E-state index < -0.39 is 4.92 Å². The Morgan fingerprint density at radius 3 is 2.42 bits per heavy atom. The van der Waals surface area contributed by atoms with E-state index in [4.69, 9.17) is 16.6 Å². The molecule has 0 bridgehead atoms. The Labute approximate surface area is 196 Å². The van der Waals surface area contributed by atoms with Gasteiger partial charge >= 0.3 is 0 Å². The van der Waals surface area contributed by atoms with Crippen LogP contribution in [0.2, 0.25) is 5.02 Å². The molecule has 1 aromatic heterocycles. The smallest absolute Gasteiger partial charge is 0.269 e. The first kappa shape index (κ1) is 21.3. The maximum atomic E-state index is 13.0. The van der Waals surface area contributed by atoms with Crippen molar-refractivity contribution in [2.45, 2.75) is 25.7 Å². The number of halogens is 1. The van der Waals surface area contributed by atoms with Gasteiger partial charge in [-0.1, -0.05) is 29.3 Å². The molecule has 0 spiro atoms. The van der Waals surface area contributed by atoms with Crippen molar-refractivity contribution in [2.75, 3.05) is 13.1 Å². The first-order valence-electron chi connectivity index (χ1n) is 11.0. The van der Waals surface area contributed by atoms with Crippen LogP contribution in [-0.2, 0) is 12.8 Å². The number of pyridine rings is 1. The van der Waals surface area contributed by atoms with Crippen molar-refractivity contribution in [1.82, 2.24) is 9.88 Å². The third-order valence-electron chi connectivity index (χ3n) is 6.46. The zero-order valence-electron chi connectivity index (χ0n) is 18.0. The molecule has 33 heavy (non-hydrogen) atoms. The van der Waals surface area contributed by atoms with Gasteiger partial charge in [-0.2, -0.15) is 0 Å². The predicted molar refractivity (Wildman–Crippen MR) is 127 cm³/mol. The number of amides is 1. The number of nitrogens with zero attached hydrogens (tertiary/aromatic N) is 3. The number of rotatable bonds is 2. The topological polar surface area (TPSA) is 76.3 Å². The van der Waals surface area contributed by atoms with Crippen LogP contribution in [0.4, 0.5) is 5.69 Å². The summed E-state index contributed by atoms with van der Waals surface area (Å²) in [5.41, 5.74) is 7.61. The number of likely N-dealkylation sites (tertiary alicyclic amines) is 1. The number of fused-ring (bicyclic) bond motifs is 2. The fraction of sp³-hybridized carbons (Fsp3) is 0.231. The lowest BCUT2D eigenvalue weighted by Gasteiger charge is -2.30. The molecule has 1 amide bonds. The molecule has 7 heteroatoms. The van der Waals surface area contributed by atoms with Gasteiger partial charge in [-0.05, 0) is 72.7 Å². The lowest BCUT2D eigenvalue weighted by atomic mass is 9.88. The van der Waals surface area contributed by atoms with Gasteiger partial charge in [0.05, 0.1) is 10.6 Å². The molecular formula is C26H22ClN3O3. The van der Waals surface area contributed by atoms with Gasteiger partial charge in [0.25, 0.3) is 11.6 Å². The third-order valence-corrected chi connectivity index (χ3v) is 6.70. The van der Waals surface area contributed by atoms with Gasteiger partial charge < -0.3 is 4.90 Å². The van der Waals surface area contributed by atoms with Crippen molar-refractivity contribution < 1.29 is 9.72 Å². The van der Waals surface area contributed by atoms with Crippen molar-refractivity contribution in [3.63, 3.8) is 0 Å². The van der Waals surface area contributed by atoms with Crippen LogP contribution < -0.4 is 0 Å². The quantitative estimate of drug-likeness (QED) is 0.375. The zero-order chi connectivity index (χ0) is 22.9. The van der Waals surface area contributed by atoms with E-state index in [2.05, 4.69) is 18.2 Å². The first-order valence-corrected chi connectivity index (χ1v) is 11.4. The van der Waals surface area contributed by atoms with Gasteiger partial charge in [0, 0.05) is 47.6 Å². The predicted octanol–water partition coefficient (Wildman–Crippen LogP) is 5.48. The van der Waals surface area contributed by atoms with Gasteiger partial charge in [-0.15, -0.1) is 0 Å². The molecule has 1 aliphatic heterocycles. The molecule has 0 atom stereocenters. The third kappa shape index (κ3) is 4.14. The lowest BCUT2D eigenvalue weighted by Crippen LogP contribution is -2.36. The molecule has 1 fully saturated rings. The molecule has 166 valence electrons. The van der Waals surface area contributed by atoms with Gasteiger partial charge in [0.1, 0.15) is 0 Å². The fourth-order valence-corrected chi connectivity index (χ4v) is 4.97. The van der Waals surface area contributed by atoms with E-state index in [0.717, 1.165) is 36.4 Å². The number of carbonyl (C=O) groups excluding carboxylic acids is 1. The highest BCUT2D eigenvalue weighted by molar-refractivity contribution is 6.30. The SMILES string of the molecule is O=C(c1ccc([N+](=O)[O-])cc1)N1CCC(=C2c3ccc(Cl)cc3CCc3cccnc32)CC1. The van der Waals surface area contributed by atoms with Gasteiger partial charge in [0.15, 0.2) is 0 Å². The minimum atomic E-state index is -0.461. The number of carbonyl (C=O) groups is 1. The Kier molecular flexibility index (Phi) is 5.68. The molecule has 6 nitrogen and oxygen atoms in total. The van der Waals surface area contributed by atoms with Crippen molar-refractivity contribution in [3.8, 4) is 0 Å². The number of non-ortho nitro benzene ring substituents is 1. The number of hydrogen-bond acceptors (Lipinski definition) is 4. The molecule has 2 aromatic carbocycles. The largest absolute Gasteiger partial charge is 0.338 e. The summed E-state index contributed by atoms with van der Waals surface area (Å²) in [5.74, 6) is -0.0967. The molecule has 5 rings (SSSR count). The van der Waals surface area contributed by atoms with E-state index in [1.54, 1.807) is 0 Å². The highest BCUT2D eigenvalue weighted by Gasteiger charge is 2.27. The second kappa shape index (κ2) is 8.79. The van der Waals surface area contributed by atoms with Gasteiger partial charge in [-0.3, -0.25) is 19.9 Å². The summed E-state index contributed by atoms with van der Waals surface area (Å²) in [7, 11) is 0. The molecule has 1 aliphatic carbocycles. The Morgan fingerprint density at radius 1 is 0.970 bits per heavy atom. The van der Waals surface area contributed by atoms with Gasteiger partial charge in [0.2, 0.25) is 0 Å². The Hall–Kier alpha value is -3.51. The standard InChI is InChI=1S/C26H22ClN3O3/c27-21-7-10-23-20(16-21)4-3-18-2-1-13-28-25(18)24(23)17-11-14-29(15-12-17)26(31)19-5-8-22(9-6-19)30(32)33/h1-2,5-10,13,16H,3-4,11-12,14-15H2. The molecule has 0 N–H and O–H groups in total. The minimum Gasteiger partial charge on any atom is -0.338 e.